The number of thioether (sulfide) groups is 1. The third-order valence-electron chi connectivity index (χ3n) is 2.51. The maximum Gasteiger partial charge on any atom is 0.320 e. The Morgan fingerprint density at radius 1 is 1.35 bits per heavy atom. The molecular weight excluding hydrogens is 240 g/mol. The zero-order valence-corrected chi connectivity index (χ0v) is 11.4. The van der Waals surface area contributed by atoms with Crippen molar-refractivity contribution in [2.24, 2.45) is 11.7 Å². The van der Waals surface area contributed by atoms with Crippen LogP contribution in [0.25, 0.3) is 0 Å². The Balaban J connectivity index is 3.62. The molecule has 1 amide bonds. The van der Waals surface area contributed by atoms with Crippen LogP contribution in [0.5, 0.6) is 0 Å². The summed E-state index contributed by atoms with van der Waals surface area (Å²) >= 11 is 1.41. The molecule has 0 heterocycles. The van der Waals surface area contributed by atoms with Crippen molar-refractivity contribution in [2.45, 2.75) is 39.3 Å². The van der Waals surface area contributed by atoms with Gasteiger partial charge >= 0.3 is 5.97 Å². The van der Waals surface area contributed by atoms with E-state index in [1.54, 1.807) is 0 Å². The van der Waals surface area contributed by atoms with Crippen molar-refractivity contribution in [3.8, 4) is 0 Å². The van der Waals surface area contributed by atoms with Gasteiger partial charge in [-0.15, -0.1) is 0 Å². The highest BCUT2D eigenvalue weighted by Crippen LogP contribution is 2.05. The average molecular weight is 262 g/mol. The predicted octanol–water partition coefficient (Wildman–Crippen LogP) is 0.682. The summed E-state index contributed by atoms with van der Waals surface area (Å²) in [5, 5.41) is 11.4. The van der Waals surface area contributed by atoms with E-state index in [0.717, 1.165) is 0 Å². The van der Waals surface area contributed by atoms with Crippen LogP contribution in [0.1, 0.15) is 27.2 Å². The van der Waals surface area contributed by atoms with Gasteiger partial charge < -0.3 is 16.2 Å². The lowest BCUT2D eigenvalue weighted by atomic mass is 10.1. The third-order valence-corrected chi connectivity index (χ3v) is 3.50. The standard InChI is InChI=1S/C11H22N2O3S/c1-7(2)8(3)13-10(14)6-17-5-4-9(12)11(15)16/h7-9H,4-6,12H2,1-3H3,(H,13,14)(H,15,16). The average Bonchev–Trinajstić information content (AvgIpc) is 2.23. The first-order chi connectivity index (χ1) is 7.84. The second-order valence-corrected chi connectivity index (χ2v) is 5.49. The molecule has 4 N–H and O–H groups in total. The molecule has 0 radical (unpaired) electrons. The van der Waals surface area contributed by atoms with E-state index in [1.807, 2.05) is 20.8 Å². The normalized spacial score (nSPS) is 14.4. The largest absolute Gasteiger partial charge is 0.480 e. The molecule has 0 spiro atoms. The predicted molar refractivity (Wildman–Crippen MR) is 70.0 cm³/mol. The molecule has 2 unspecified atom stereocenters. The fourth-order valence-corrected chi connectivity index (χ4v) is 1.79. The number of aliphatic carboxylic acids is 1. The van der Waals surface area contributed by atoms with E-state index in [9.17, 15) is 9.59 Å². The Hall–Kier alpha value is -0.750. The lowest BCUT2D eigenvalue weighted by molar-refractivity contribution is -0.138. The molecule has 2 atom stereocenters. The molecule has 6 heteroatoms. The third kappa shape index (κ3) is 8.04. The van der Waals surface area contributed by atoms with E-state index in [2.05, 4.69) is 5.32 Å². The van der Waals surface area contributed by atoms with E-state index < -0.39 is 12.0 Å². The minimum absolute atomic E-state index is 0.0138. The minimum Gasteiger partial charge on any atom is -0.480 e. The Kier molecular flexibility index (Phi) is 7.99. The highest BCUT2D eigenvalue weighted by Gasteiger charge is 2.12. The first-order valence-corrected chi connectivity index (χ1v) is 6.85. The van der Waals surface area contributed by atoms with Crippen molar-refractivity contribution in [2.75, 3.05) is 11.5 Å². The number of nitrogens with two attached hydrogens (primary N) is 1. The highest BCUT2D eigenvalue weighted by molar-refractivity contribution is 7.99. The number of rotatable bonds is 8. The first kappa shape index (κ1) is 16.2. The van der Waals surface area contributed by atoms with Gasteiger partial charge in [-0.2, -0.15) is 11.8 Å². The second-order valence-electron chi connectivity index (χ2n) is 4.39. The summed E-state index contributed by atoms with van der Waals surface area (Å²) in [5.41, 5.74) is 5.34. The minimum atomic E-state index is -0.997. The molecule has 0 aromatic rings. The van der Waals surface area contributed by atoms with Gasteiger partial charge in [-0.25, -0.2) is 0 Å². The lowest BCUT2D eigenvalue weighted by Gasteiger charge is -2.17. The van der Waals surface area contributed by atoms with Crippen LogP contribution in [0.2, 0.25) is 0 Å². The van der Waals surface area contributed by atoms with Gasteiger partial charge in [0.15, 0.2) is 0 Å². The van der Waals surface area contributed by atoms with Gasteiger partial charge in [0.2, 0.25) is 5.91 Å². The van der Waals surface area contributed by atoms with Gasteiger partial charge in [0.25, 0.3) is 0 Å². The monoisotopic (exact) mass is 262 g/mol. The van der Waals surface area contributed by atoms with Crippen LogP contribution in [0.15, 0.2) is 0 Å². The zero-order valence-electron chi connectivity index (χ0n) is 10.6. The van der Waals surface area contributed by atoms with Gasteiger partial charge in [-0.3, -0.25) is 9.59 Å². The van der Waals surface area contributed by atoms with Crippen LogP contribution in [0.3, 0.4) is 0 Å². The number of carboxylic acids is 1. The number of carboxylic acid groups (broad SMARTS) is 1. The van der Waals surface area contributed by atoms with Gasteiger partial charge in [0.05, 0.1) is 5.75 Å². The molecule has 0 fully saturated rings. The van der Waals surface area contributed by atoms with E-state index in [4.69, 9.17) is 10.8 Å². The molecule has 0 aliphatic carbocycles. The SMILES string of the molecule is CC(C)C(C)NC(=O)CSCCC(N)C(=O)O. The summed E-state index contributed by atoms with van der Waals surface area (Å²) in [6, 6.07) is -0.676. The fraction of sp³-hybridized carbons (Fsp3) is 0.818. The van der Waals surface area contributed by atoms with Crippen molar-refractivity contribution in [1.82, 2.24) is 5.32 Å². The molecule has 0 saturated heterocycles. The summed E-state index contributed by atoms with van der Waals surface area (Å²) < 4.78 is 0. The molecule has 100 valence electrons. The van der Waals surface area contributed by atoms with Crippen molar-refractivity contribution >= 4 is 23.6 Å². The van der Waals surface area contributed by atoms with Crippen molar-refractivity contribution in [1.29, 1.82) is 0 Å². The molecule has 0 rings (SSSR count). The van der Waals surface area contributed by atoms with E-state index in [-0.39, 0.29) is 11.9 Å². The van der Waals surface area contributed by atoms with Gasteiger partial charge in [0, 0.05) is 6.04 Å². The number of carbonyl (C=O) groups is 2. The first-order valence-electron chi connectivity index (χ1n) is 5.70. The number of hydrogen-bond donors (Lipinski definition) is 3. The van der Waals surface area contributed by atoms with Crippen LogP contribution in [0, 0.1) is 5.92 Å². The second kappa shape index (κ2) is 8.36. The topological polar surface area (TPSA) is 92.4 Å². The fourth-order valence-electron chi connectivity index (χ4n) is 0.961. The summed E-state index contributed by atoms with van der Waals surface area (Å²) in [4.78, 5) is 21.9. The van der Waals surface area contributed by atoms with Crippen LogP contribution < -0.4 is 11.1 Å². The molecule has 0 bridgehead atoms. The maximum atomic E-state index is 11.5. The number of carbonyl (C=O) groups excluding carboxylic acids is 1. The maximum absolute atomic E-state index is 11.5. The van der Waals surface area contributed by atoms with Gasteiger partial charge in [-0.1, -0.05) is 13.8 Å². The van der Waals surface area contributed by atoms with Crippen molar-refractivity contribution in [3.05, 3.63) is 0 Å². The van der Waals surface area contributed by atoms with Crippen molar-refractivity contribution < 1.29 is 14.7 Å². The molecule has 0 aromatic heterocycles. The molecule has 0 aliphatic heterocycles. The molecule has 0 aliphatic rings. The molecule has 5 nitrogen and oxygen atoms in total. The Bertz CT molecular complexity index is 259. The number of nitrogens with one attached hydrogen (secondary N) is 1. The van der Waals surface area contributed by atoms with E-state index in [1.165, 1.54) is 11.8 Å². The Morgan fingerprint density at radius 3 is 2.41 bits per heavy atom. The van der Waals surface area contributed by atoms with Crippen LogP contribution in [0.4, 0.5) is 0 Å². The lowest BCUT2D eigenvalue weighted by Crippen LogP contribution is -2.37. The number of hydrogen-bond acceptors (Lipinski definition) is 4. The number of amides is 1. The van der Waals surface area contributed by atoms with Gasteiger partial charge in [0.1, 0.15) is 6.04 Å². The smallest absolute Gasteiger partial charge is 0.320 e. The molecule has 0 saturated carbocycles. The summed E-state index contributed by atoms with van der Waals surface area (Å²) in [6.45, 7) is 6.06. The summed E-state index contributed by atoms with van der Waals surface area (Å²) in [5.74, 6) is 0.327. The highest BCUT2D eigenvalue weighted by atomic mass is 32.2. The quantitative estimate of drug-likeness (QED) is 0.559. The van der Waals surface area contributed by atoms with E-state index >= 15 is 0 Å². The summed E-state index contributed by atoms with van der Waals surface area (Å²) in [6.07, 6.45) is 0.382. The molecular formula is C11H22N2O3S. The van der Waals surface area contributed by atoms with Crippen LogP contribution in [-0.4, -0.2) is 40.6 Å². The van der Waals surface area contributed by atoms with Crippen LogP contribution >= 0.6 is 11.8 Å². The molecule has 0 aromatic carbocycles. The Morgan fingerprint density at radius 2 is 1.94 bits per heavy atom. The van der Waals surface area contributed by atoms with E-state index in [0.29, 0.717) is 23.8 Å². The molecule has 17 heavy (non-hydrogen) atoms. The van der Waals surface area contributed by atoms with Crippen molar-refractivity contribution in [3.63, 3.8) is 0 Å². The van der Waals surface area contributed by atoms with Gasteiger partial charge in [-0.05, 0) is 25.0 Å². The zero-order chi connectivity index (χ0) is 13.4. The summed E-state index contributed by atoms with van der Waals surface area (Å²) in [7, 11) is 0. The van der Waals surface area contributed by atoms with Crippen LogP contribution in [-0.2, 0) is 9.59 Å². The Labute approximate surface area is 107 Å².